The van der Waals surface area contributed by atoms with Crippen molar-refractivity contribution in [2.45, 2.75) is 51.2 Å². The van der Waals surface area contributed by atoms with E-state index in [9.17, 15) is 4.79 Å². The van der Waals surface area contributed by atoms with Gasteiger partial charge in [0.2, 0.25) is 11.7 Å². The van der Waals surface area contributed by atoms with E-state index in [4.69, 9.17) is 0 Å². The number of likely N-dealkylation sites (N-methyl/N-ethyl adjacent to an activating group) is 1. The van der Waals surface area contributed by atoms with Crippen LogP contribution in [-0.4, -0.2) is 50.6 Å². The second-order valence-electron chi connectivity index (χ2n) is 6.52. The lowest BCUT2D eigenvalue weighted by molar-refractivity contribution is -0.126. The van der Waals surface area contributed by atoms with Crippen molar-refractivity contribution in [2.75, 3.05) is 7.05 Å². The van der Waals surface area contributed by atoms with Crippen LogP contribution in [0.25, 0.3) is 11.4 Å². The summed E-state index contributed by atoms with van der Waals surface area (Å²) >= 11 is 0. The topological polar surface area (TPSA) is 86.8 Å². The summed E-state index contributed by atoms with van der Waals surface area (Å²) in [7, 11) is 1.97. The zero-order valence-electron chi connectivity index (χ0n) is 14.2. The molecule has 2 aromatic rings. The summed E-state index contributed by atoms with van der Waals surface area (Å²) in [4.78, 5) is 14.5. The molecule has 7 heteroatoms. The maximum absolute atomic E-state index is 12.4. The normalized spacial score (nSPS) is 16.5. The minimum absolute atomic E-state index is 0.110. The van der Waals surface area contributed by atoms with Crippen molar-refractivity contribution in [2.24, 2.45) is 0 Å². The number of H-pyrrole nitrogens is 1. The molecule has 1 aliphatic carbocycles. The lowest BCUT2D eigenvalue weighted by Crippen LogP contribution is -2.46. The van der Waals surface area contributed by atoms with Crippen LogP contribution in [0.4, 0.5) is 0 Å². The molecule has 1 aliphatic rings. The molecule has 0 aliphatic heterocycles. The van der Waals surface area contributed by atoms with Crippen molar-refractivity contribution in [3.05, 3.63) is 29.8 Å². The molecule has 0 unspecified atom stereocenters. The first-order valence-electron chi connectivity index (χ1n) is 8.47. The van der Waals surface area contributed by atoms with Gasteiger partial charge in [-0.2, -0.15) is 5.21 Å². The molecule has 0 saturated heterocycles. The molecule has 1 amide bonds. The molecule has 1 fully saturated rings. The van der Waals surface area contributed by atoms with Crippen molar-refractivity contribution >= 4 is 5.91 Å². The quantitative estimate of drug-likeness (QED) is 0.843. The molecule has 24 heavy (non-hydrogen) atoms. The number of carbonyl (C=O) groups excluding carboxylic acids is 1. The van der Waals surface area contributed by atoms with Crippen molar-refractivity contribution in [3.63, 3.8) is 0 Å². The maximum Gasteiger partial charge on any atom is 0.237 e. The SMILES string of the molecule is C[C@@H](C(=O)NC1CCCC1)N(C)Cc1cccc(-c2nn[nH]n2)c1. The third kappa shape index (κ3) is 3.97. The Kier molecular flexibility index (Phi) is 5.20. The fourth-order valence-corrected chi connectivity index (χ4v) is 3.11. The Balaban J connectivity index is 1.60. The minimum Gasteiger partial charge on any atom is -0.352 e. The Bertz CT molecular complexity index is 665. The fraction of sp³-hybridized carbons (Fsp3) is 0.529. The average molecular weight is 328 g/mol. The molecule has 1 aromatic carbocycles. The highest BCUT2D eigenvalue weighted by Crippen LogP contribution is 2.19. The van der Waals surface area contributed by atoms with Gasteiger partial charge in [0.25, 0.3) is 0 Å². The molecule has 3 rings (SSSR count). The van der Waals surface area contributed by atoms with E-state index in [0.717, 1.165) is 24.0 Å². The van der Waals surface area contributed by atoms with Gasteiger partial charge in [0.1, 0.15) is 0 Å². The lowest BCUT2D eigenvalue weighted by atomic mass is 10.1. The van der Waals surface area contributed by atoms with Crippen LogP contribution in [0, 0.1) is 0 Å². The maximum atomic E-state index is 12.4. The number of nitrogens with one attached hydrogen (secondary N) is 2. The first kappa shape index (κ1) is 16.6. The standard InChI is InChI=1S/C17H24N6O/c1-12(17(24)18-15-8-3-4-9-15)23(2)11-13-6-5-7-14(10-13)16-19-21-22-20-16/h5-7,10,12,15H,3-4,8-9,11H2,1-2H3,(H,18,24)(H,19,20,21,22)/t12-/m0/s1. The summed E-state index contributed by atoms with van der Waals surface area (Å²) in [5.41, 5.74) is 2.03. The summed E-state index contributed by atoms with van der Waals surface area (Å²) < 4.78 is 0. The number of nitrogens with zero attached hydrogens (tertiary/aromatic N) is 4. The van der Waals surface area contributed by atoms with Gasteiger partial charge in [-0.05, 0) is 43.7 Å². The van der Waals surface area contributed by atoms with Gasteiger partial charge in [-0.15, -0.1) is 10.2 Å². The smallest absolute Gasteiger partial charge is 0.237 e. The summed E-state index contributed by atoms with van der Waals surface area (Å²) in [6.07, 6.45) is 4.65. The van der Waals surface area contributed by atoms with E-state index in [1.165, 1.54) is 12.8 Å². The predicted molar refractivity (Wildman–Crippen MR) is 90.9 cm³/mol. The van der Waals surface area contributed by atoms with Gasteiger partial charge in [0.15, 0.2) is 0 Å². The molecule has 1 atom stereocenters. The van der Waals surface area contributed by atoms with E-state index in [0.29, 0.717) is 18.4 Å². The van der Waals surface area contributed by atoms with Gasteiger partial charge in [-0.1, -0.05) is 31.0 Å². The number of amides is 1. The van der Waals surface area contributed by atoms with Crippen molar-refractivity contribution in [1.82, 2.24) is 30.8 Å². The molecule has 1 aromatic heterocycles. The highest BCUT2D eigenvalue weighted by Gasteiger charge is 2.23. The van der Waals surface area contributed by atoms with Gasteiger partial charge in [0, 0.05) is 18.2 Å². The van der Waals surface area contributed by atoms with Gasteiger partial charge >= 0.3 is 0 Å². The third-order valence-corrected chi connectivity index (χ3v) is 4.70. The average Bonchev–Trinajstić information content (AvgIpc) is 3.28. The van der Waals surface area contributed by atoms with Gasteiger partial charge < -0.3 is 5.32 Å². The molecule has 2 N–H and O–H groups in total. The van der Waals surface area contributed by atoms with E-state index in [1.54, 1.807) is 0 Å². The number of hydrogen-bond acceptors (Lipinski definition) is 5. The van der Waals surface area contributed by atoms with E-state index in [1.807, 2.05) is 38.2 Å². The van der Waals surface area contributed by atoms with Crippen LogP contribution in [0.5, 0.6) is 0 Å². The molecule has 1 saturated carbocycles. The second-order valence-corrected chi connectivity index (χ2v) is 6.52. The number of aromatic nitrogens is 4. The second kappa shape index (κ2) is 7.53. The summed E-state index contributed by atoms with van der Waals surface area (Å²) in [5.74, 6) is 0.685. The molecule has 0 bridgehead atoms. The van der Waals surface area contributed by atoms with Crippen LogP contribution >= 0.6 is 0 Å². The van der Waals surface area contributed by atoms with Crippen molar-refractivity contribution in [1.29, 1.82) is 0 Å². The Hall–Kier alpha value is -2.28. The van der Waals surface area contributed by atoms with Gasteiger partial charge in [-0.25, -0.2) is 0 Å². The largest absolute Gasteiger partial charge is 0.352 e. The van der Waals surface area contributed by atoms with Crippen molar-refractivity contribution < 1.29 is 4.79 Å². The molecular formula is C17H24N6O. The van der Waals surface area contributed by atoms with E-state index < -0.39 is 0 Å². The number of carbonyl (C=O) groups is 1. The zero-order valence-corrected chi connectivity index (χ0v) is 14.2. The molecule has 0 spiro atoms. The predicted octanol–water partition coefficient (Wildman–Crippen LogP) is 1.75. The molecule has 1 heterocycles. The molecule has 128 valence electrons. The number of hydrogen-bond donors (Lipinski definition) is 2. The third-order valence-electron chi connectivity index (χ3n) is 4.70. The Morgan fingerprint density at radius 3 is 2.92 bits per heavy atom. The highest BCUT2D eigenvalue weighted by molar-refractivity contribution is 5.81. The molecule has 7 nitrogen and oxygen atoms in total. The summed E-state index contributed by atoms with van der Waals surface area (Å²) in [6.45, 7) is 2.64. The lowest BCUT2D eigenvalue weighted by Gasteiger charge is -2.25. The van der Waals surface area contributed by atoms with Crippen LogP contribution < -0.4 is 5.32 Å². The minimum atomic E-state index is -0.167. The number of aromatic amines is 1. The first-order valence-corrected chi connectivity index (χ1v) is 8.47. The van der Waals surface area contributed by atoms with Crippen LogP contribution in [0.15, 0.2) is 24.3 Å². The van der Waals surface area contributed by atoms with Crippen LogP contribution in [0.3, 0.4) is 0 Å². The molecular weight excluding hydrogens is 304 g/mol. The zero-order chi connectivity index (χ0) is 16.9. The monoisotopic (exact) mass is 328 g/mol. The van der Waals surface area contributed by atoms with Gasteiger partial charge in [-0.3, -0.25) is 9.69 Å². The van der Waals surface area contributed by atoms with Crippen LogP contribution in [0.1, 0.15) is 38.2 Å². The number of rotatable bonds is 6. The Morgan fingerprint density at radius 1 is 1.42 bits per heavy atom. The van der Waals surface area contributed by atoms with Gasteiger partial charge in [0.05, 0.1) is 6.04 Å². The summed E-state index contributed by atoms with van der Waals surface area (Å²) in [6, 6.07) is 8.18. The number of benzene rings is 1. The number of tetrazole rings is 1. The first-order chi connectivity index (χ1) is 11.6. The van der Waals surface area contributed by atoms with E-state index >= 15 is 0 Å². The van der Waals surface area contributed by atoms with E-state index in [2.05, 4.69) is 30.8 Å². The fourth-order valence-electron chi connectivity index (χ4n) is 3.11. The van der Waals surface area contributed by atoms with Crippen LogP contribution in [-0.2, 0) is 11.3 Å². The summed E-state index contributed by atoms with van der Waals surface area (Å²) in [5, 5.41) is 17.2. The van der Waals surface area contributed by atoms with E-state index in [-0.39, 0.29) is 11.9 Å². The van der Waals surface area contributed by atoms with Crippen molar-refractivity contribution in [3.8, 4) is 11.4 Å². The Morgan fingerprint density at radius 2 is 2.21 bits per heavy atom. The molecule has 0 radical (unpaired) electrons. The van der Waals surface area contributed by atoms with Crippen LogP contribution in [0.2, 0.25) is 0 Å². The Labute approximate surface area is 141 Å². The highest BCUT2D eigenvalue weighted by atomic mass is 16.2.